The first-order valence-electron chi connectivity index (χ1n) is 9.71. The number of phenols is 1. The molecular formula is C22H24Cl2N2O3. The van der Waals surface area contributed by atoms with Gasteiger partial charge < -0.3 is 15.3 Å². The number of aromatic hydroxyl groups is 1. The van der Waals surface area contributed by atoms with Gasteiger partial charge in [0.2, 0.25) is 5.91 Å². The topological polar surface area (TPSA) is 69.6 Å². The predicted molar refractivity (Wildman–Crippen MR) is 115 cm³/mol. The van der Waals surface area contributed by atoms with Gasteiger partial charge in [-0.05, 0) is 67.5 Å². The molecule has 29 heavy (non-hydrogen) atoms. The van der Waals surface area contributed by atoms with E-state index in [2.05, 4.69) is 5.32 Å². The number of nitrogens with zero attached hydrogens (tertiary/aromatic N) is 1. The highest BCUT2D eigenvalue weighted by Crippen LogP contribution is 2.23. The molecule has 2 aromatic rings. The van der Waals surface area contributed by atoms with Gasteiger partial charge in [0.15, 0.2) is 0 Å². The molecular weight excluding hydrogens is 411 g/mol. The van der Waals surface area contributed by atoms with E-state index >= 15 is 0 Å². The number of piperidine rings is 1. The molecule has 154 valence electrons. The maximum atomic E-state index is 12.4. The van der Waals surface area contributed by atoms with E-state index in [1.54, 1.807) is 29.2 Å². The third-order valence-corrected chi connectivity index (χ3v) is 5.87. The summed E-state index contributed by atoms with van der Waals surface area (Å²) in [5.74, 6) is 0.394. The number of likely N-dealkylation sites (tertiary alicyclic amines) is 1. The van der Waals surface area contributed by atoms with Gasteiger partial charge in [-0.1, -0.05) is 35.3 Å². The molecule has 0 aliphatic carbocycles. The van der Waals surface area contributed by atoms with Crippen molar-refractivity contribution >= 4 is 35.0 Å². The van der Waals surface area contributed by atoms with E-state index < -0.39 is 0 Å². The average molecular weight is 435 g/mol. The summed E-state index contributed by atoms with van der Waals surface area (Å²) in [6, 6.07) is 12.0. The number of carbonyl (C=O) groups is 2. The Morgan fingerprint density at radius 3 is 2.41 bits per heavy atom. The molecule has 1 heterocycles. The number of halogens is 2. The Labute approximate surface area is 180 Å². The van der Waals surface area contributed by atoms with Crippen LogP contribution in [0.3, 0.4) is 0 Å². The van der Waals surface area contributed by atoms with Crippen LogP contribution in [-0.2, 0) is 11.2 Å². The number of aryl methyl sites for hydroxylation is 1. The van der Waals surface area contributed by atoms with Gasteiger partial charge >= 0.3 is 0 Å². The van der Waals surface area contributed by atoms with Crippen LogP contribution in [0.25, 0.3) is 0 Å². The number of benzene rings is 2. The van der Waals surface area contributed by atoms with Crippen LogP contribution < -0.4 is 5.32 Å². The Hall–Kier alpha value is -2.24. The second-order valence-corrected chi connectivity index (χ2v) is 8.18. The molecule has 1 aliphatic heterocycles. The molecule has 0 unspecified atom stereocenters. The summed E-state index contributed by atoms with van der Waals surface area (Å²) in [4.78, 5) is 26.5. The van der Waals surface area contributed by atoms with Gasteiger partial charge in [0.1, 0.15) is 5.75 Å². The fourth-order valence-corrected chi connectivity index (χ4v) is 4.04. The summed E-state index contributed by atoms with van der Waals surface area (Å²) in [5, 5.41) is 12.7. The van der Waals surface area contributed by atoms with Crippen molar-refractivity contribution in [1.82, 2.24) is 10.2 Å². The van der Waals surface area contributed by atoms with Crippen LogP contribution >= 0.6 is 23.2 Å². The minimum Gasteiger partial charge on any atom is -0.508 e. The van der Waals surface area contributed by atoms with Crippen molar-refractivity contribution in [2.45, 2.75) is 25.7 Å². The first-order chi connectivity index (χ1) is 13.9. The van der Waals surface area contributed by atoms with Crippen LogP contribution in [0.15, 0.2) is 42.5 Å². The number of rotatable bonds is 6. The summed E-state index contributed by atoms with van der Waals surface area (Å²) in [6.07, 6.45) is 3.96. The molecule has 1 saturated heterocycles. The van der Waals surface area contributed by atoms with E-state index in [0.29, 0.717) is 29.6 Å². The molecule has 1 aliphatic rings. The summed E-state index contributed by atoms with van der Waals surface area (Å²) >= 11 is 11.9. The third-order valence-electron chi connectivity index (χ3n) is 5.32. The van der Waals surface area contributed by atoms with Crippen LogP contribution in [0.5, 0.6) is 5.75 Å². The molecule has 1 fully saturated rings. The van der Waals surface area contributed by atoms with Crippen molar-refractivity contribution in [2.24, 2.45) is 5.92 Å². The lowest BCUT2D eigenvalue weighted by atomic mass is 9.90. The van der Waals surface area contributed by atoms with Crippen LogP contribution in [0.1, 0.15) is 35.2 Å². The molecule has 0 spiro atoms. The number of amides is 2. The van der Waals surface area contributed by atoms with Crippen molar-refractivity contribution in [3.8, 4) is 5.75 Å². The summed E-state index contributed by atoms with van der Waals surface area (Å²) in [6.45, 7) is 1.36. The molecule has 0 bridgehead atoms. The molecule has 2 aromatic carbocycles. The third kappa shape index (κ3) is 6.12. The zero-order valence-electron chi connectivity index (χ0n) is 16.0. The number of phenolic OH excluding ortho intramolecular Hbond substituents is 1. The minimum absolute atomic E-state index is 0.0457. The van der Waals surface area contributed by atoms with Gasteiger partial charge in [-0.15, -0.1) is 0 Å². The molecule has 0 atom stereocenters. The molecule has 0 aromatic heterocycles. The van der Waals surface area contributed by atoms with Gasteiger partial charge in [0, 0.05) is 18.1 Å². The second-order valence-electron chi connectivity index (χ2n) is 7.34. The quantitative estimate of drug-likeness (QED) is 0.711. The summed E-state index contributed by atoms with van der Waals surface area (Å²) in [5.41, 5.74) is 1.52. The Kier molecular flexibility index (Phi) is 7.40. The highest BCUT2D eigenvalue weighted by molar-refractivity contribution is 6.36. The average Bonchev–Trinajstić information content (AvgIpc) is 2.72. The van der Waals surface area contributed by atoms with Crippen LogP contribution in [0, 0.1) is 5.92 Å². The van der Waals surface area contributed by atoms with Gasteiger partial charge in [0.25, 0.3) is 5.91 Å². The number of hydrogen-bond acceptors (Lipinski definition) is 3. The molecule has 2 N–H and O–H groups in total. The predicted octanol–water partition coefficient (Wildman–Crippen LogP) is 4.30. The number of carbonyl (C=O) groups excluding carboxylic acids is 2. The zero-order chi connectivity index (χ0) is 20.8. The lowest BCUT2D eigenvalue weighted by Crippen LogP contribution is -2.44. The second kappa shape index (κ2) is 9.99. The molecule has 2 amide bonds. The van der Waals surface area contributed by atoms with E-state index in [-0.39, 0.29) is 29.1 Å². The molecule has 3 rings (SSSR count). The number of hydrogen-bond donors (Lipinski definition) is 2. The Bertz CT molecular complexity index is 863. The maximum Gasteiger partial charge on any atom is 0.253 e. The largest absolute Gasteiger partial charge is 0.508 e. The van der Waals surface area contributed by atoms with E-state index in [9.17, 15) is 14.7 Å². The van der Waals surface area contributed by atoms with E-state index in [1.807, 2.05) is 12.1 Å². The fourth-order valence-electron chi connectivity index (χ4n) is 3.54. The monoisotopic (exact) mass is 434 g/mol. The molecule has 7 heteroatoms. The molecule has 5 nitrogen and oxygen atoms in total. The van der Waals surface area contributed by atoms with Crippen LogP contribution in [-0.4, -0.2) is 41.5 Å². The molecule has 0 saturated carbocycles. The summed E-state index contributed by atoms with van der Waals surface area (Å²) in [7, 11) is 0. The minimum atomic E-state index is -0.385. The van der Waals surface area contributed by atoms with Gasteiger partial charge in [0.05, 0.1) is 17.1 Å². The standard InChI is InChI=1S/C22H24Cl2N2O3/c23-17-5-8-19(20(24)13-17)22(29)25-14-21(28)26-11-9-16(10-12-26)2-1-15-3-6-18(27)7-4-15/h3-8,13,16,27H,1-2,9-12,14H2,(H,25,29). The van der Waals surface area contributed by atoms with Crippen molar-refractivity contribution in [1.29, 1.82) is 0 Å². The Morgan fingerprint density at radius 1 is 1.07 bits per heavy atom. The van der Waals surface area contributed by atoms with Gasteiger partial charge in [-0.3, -0.25) is 9.59 Å². The highest BCUT2D eigenvalue weighted by Gasteiger charge is 2.23. The van der Waals surface area contributed by atoms with Crippen LogP contribution in [0.4, 0.5) is 0 Å². The first kappa shape index (κ1) is 21.5. The van der Waals surface area contributed by atoms with Crippen molar-refractivity contribution in [2.75, 3.05) is 19.6 Å². The zero-order valence-corrected chi connectivity index (χ0v) is 17.5. The van der Waals surface area contributed by atoms with Crippen LogP contribution in [0.2, 0.25) is 10.0 Å². The van der Waals surface area contributed by atoms with Crippen molar-refractivity contribution in [3.05, 3.63) is 63.6 Å². The van der Waals surface area contributed by atoms with E-state index in [0.717, 1.165) is 25.7 Å². The Morgan fingerprint density at radius 2 is 1.76 bits per heavy atom. The lowest BCUT2D eigenvalue weighted by molar-refractivity contribution is -0.131. The lowest BCUT2D eigenvalue weighted by Gasteiger charge is -2.32. The fraction of sp³-hybridized carbons (Fsp3) is 0.364. The first-order valence-corrected chi connectivity index (χ1v) is 10.5. The van der Waals surface area contributed by atoms with Gasteiger partial charge in [-0.2, -0.15) is 0 Å². The van der Waals surface area contributed by atoms with Gasteiger partial charge in [-0.25, -0.2) is 0 Å². The van der Waals surface area contributed by atoms with E-state index in [1.165, 1.54) is 11.6 Å². The normalized spacial score (nSPS) is 14.6. The van der Waals surface area contributed by atoms with Crippen molar-refractivity contribution in [3.63, 3.8) is 0 Å². The highest BCUT2D eigenvalue weighted by atomic mass is 35.5. The smallest absolute Gasteiger partial charge is 0.253 e. The maximum absolute atomic E-state index is 12.4. The van der Waals surface area contributed by atoms with E-state index in [4.69, 9.17) is 23.2 Å². The SMILES string of the molecule is O=C(NCC(=O)N1CCC(CCc2ccc(O)cc2)CC1)c1ccc(Cl)cc1Cl. The van der Waals surface area contributed by atoms with Crippen molar-refractivity contribution < 1.29 is 14.7 Å². The Balaban J connectivity index is 1.40. The summed E-state index contributed by atoms with van der Waals surface area (Å²) < 4.78 is 0. The molecule has 0 radical (unpaired) electrons. The number of nitrogens with one attached hydrogen (secondary N) is 1.